The first-order valence-corrected chi connectivity index (χ1v) is 6.06. The van der Waals surface area contributed by atoms with Gasteiger partial charge >= 0.3 is 6.18 Å². The van der Waals surface area contributed by atoms with Gasteiger partial charge in [-0.1, -0.05) is 0 Å². The van der Waals surface area contributed by atoms with Crippen LogP contribution in [-0.4, -0.2) is 10.4 Å². The fourth-order valence-electron chi connectivity index (χ4n) is 1.89. The molecule has 2 rings (SSSR count). The summed E-state index contributed by atoms with van der Waals surface area (Å²) in [6.07, 6.45) is 1.29. The summed E-state index contributed by atoms with van der Waals surface area (Å²) in [5.74, 6) is 0.502. The van der Waals surface area contributed by atoms with E-state index in [1.54, 1.807) is 0 Å². The van der Waals surface area contributed by atoms with Crippen LogP contribution in [0, 0.1) is 5.92 Å². The summed E-state index contributed by atoms with van der Waals surface area (Å²) in [5, 5.41) is -0.00344. The van der Waals surface area contributed by atoms with Crippen LogP contribution in [0.1, 0.15) is 30.4 Å². The average molecular weight is 264 g/mol. The van der Waals surface area contributed by atoms with Gasteiger partial charge in [0.25, 0.3) is 0 Å². The number of aromatic nitrogens is 1. The van der Waals surface area contributed by atoms with Crippen LogP contribution in [0.15, 0.2) is 18.5 Å². The van der Waals surface area contributed by atoms with E-state index in [0.717, 1.165) is 18.9 Å². The predicted octanol–water partition coefficient (Wildman–Crippen LogP) is 4.05. The lowest BCUT2D eigenvalue weighted by Crippen LogP contribution is -2.11. The number of halogens is 4. The number of alkyl halides is 4. The van der Waals surface area contributed by atoms with Gasteiger partial charge in [0.2, 0.25) is 0 Å². The maximum Gasteiger partial charge on any atom is 0.416 e. The van der Waals surface area contributed by atoms with Gasteiger partial charge in [-0.3, -0.25) is 4.98 Å². The van der Waals surface area contributed by atoms with Crippen LogP contribution in [0.4, 0.5) is 13.2 Å². The summed E-state index contributed by atoms with van der Waals surface area (Å²) in [5.41, 5.74) is -0.349. The molecule has 1 aliphatic rings. The largest absolute Gasteiger partial charge is 0.416 e. The zero-order valence-corrected chi connectivity index (χ0v) is 9.93. The smallest absolute Gasteiger partial charge is 0.264 e. The Labute approximate surface area is 103 Å². The van der Waals surface area contributed by atoms with E-state index in [4.69, 9.17) is 11.6 Å². The summed E-state index contributed by atoms with van der Waals surface area (Å²) in [4.78, 5) is 3.75. The number of rotatable bonds is 4. The summed E-state index contributed by atoms with van der Waals surface area (Å²) in [6.45, 7) is 0. The summed E-state index contributed by atoms with van der Waals surface area (Å²) in [7, 11) is 0. The fourth-order valence-corrected chi connectivity index (χ4v) is 2.25. The highest BCUT2D eigenvalue weighted by molar-refractivity contribution is 6.20. The van der Waals surface area contributed by atoms with Crippen molar-refractivity contribution in [2.24, 2.45) is 5.92 Å². The first kappa shape index (κ1) is 12.7. The lowest BCUT2D eigenvalue weighted by atomic mass is 10.0. The van der Waals surface area contributed by atoms with E-state index in [1.807, 2.05) is 0 Å². The van der Waals surface area contributed by atoms with Gasteiger partial charge in [-0.15, -0.1) is 11.6 Å². The van der Waals surface area contributed by atoms with Gasteiger partial charge in [-0.25, -0.2) is 0 Å². The maximum absolute atomic E-state index is 12.7. The molecule has 0 aromatic carbocycles. The molecule has 1 atom stereocenters. The first-order valence-electron chi connectivity index (χ1n) is 5.62. The van der Waals surface area contributed by atoms with Crippen LogP contribution >= 0.6 is 11.6 Å². The van der Waals surface area contributed by atoms with Gasteiger partial charge in [0, 0.05) is 17.8 Å². The topological polar surface area (TPSA) is 12.9 Å². The van der Waals surface area contributed by atoms with Crippen molar-refractivity contribution in [2.75, 3.05) is 0 Å². The van der Waals surface area contributed by atoms with Crippen LogP contribution in [0.3, 0.4) is 0 Å². The van der Waals surface area contributed by atoms with Crippen molar-refractivity contribution < 1.29 is 13.2 Å². The minimum Gasteiger partial charge on any atom is -0.264 e. The molecule has 0 saturated heterocycles. The number of hydrogen-bond donors (Lipinski definition) is 0. The van der Waals surface area contributed by atoms with E-state index in [9.17, 15) is 13.2 Å². The molecule has 1 aliphatic carbocycles. The Bertz CT molecular complexity index is 388. The monoisotopic (exact) mass is 263 g/mol. The molecule has 1 fully saturated rings. The highest BCUT2D eigenvalue weighted by atomic mass is 35.5. The molecule has 0 amide bonds. The molecule has 1 aromatic rings. The van der Waals surface area contributed by atoms with E-state index in [1.165, 1.54) is 12.4 Å². The minimum atomic E-state index is -4.31. The SMILES string of the molecule is FC(F)(F)c1ccncc1CCC(Cl)C1CC1. The highest BCUT2D eigenvalue weighted by Crippen LogP contribution is 2.38. The second-order valence-electron chi connectivity index (χ2n) is 4.42. The van der Waals surface area contributed by atoms with Crippen LogP contribution in [0.5, 0.6) is 0 Å². The quantitative estimate of drug-likeness (QED) is 0.747. The van der Waals surface area contributed by atoms with Crippen molar-refractivity contribution in [3.05, 3.63) is 29.6 Å². The summed E-state index contributed by atoms with van der Waals surface area (Å²) in [6, 6.07) is 1.02. The van der Waals surface area contributed by atoms with Crippen LogP contribution < -0.4 is 0 Å². The Morgan fingerprint density at radius 1 is 1.41 bits per heavy atom. The molecule has 5 heteroatoms. The molecule has 1 aromatic heterocycles. The Morgan fingerprint density at radius 3 is 2.71 bits per heavy atom. The second-order valence-corrected chi connectivity index (χ2v) is 4.98. The molecule has 1 saturated carbocycles. The third-order valence-electron chi connectivity index (χ3n) is 3.03. The number of hydrogen-bond acceptors (Lipinski definition) is 1. The number of nitrogens with zero attached hydrogens (tertiary/aromatic N) is 1. The Balaban J connectivity index is 2.04. The Hall–Kier alpha value is -0.770. The van der Waals surface area contributed by atoms with Crippen LogP contribution in [0.2, 0.25) is 0 Å². The fraction of sp³-hybridized carbons (Fsp3) is 0.583. The van der Waals surface area contributed by atoms with E-state index < -0.39 is 11.7 Å². The van der Waals surface area contributed by atoms with Crippen molar-refractivity contribution in [1.82, 2.24) is 4.98 Å². The van der Waals surface area contributed by atoms with Gasteiger partial charge in [0.05, 0.1) is 5.56 Å². The van der Waals surface area contributed by atoms with E-state index in [-0.39, 0.29) is 10.9 Å². The molecule has 1 unspecified atom stereocenters. The molecule has 0 radical (unpaired) electrons. The molecule has 1 nitrogen and oxygen atoms in total. The molecule has 1 heterocycles. The molecule has 17 heavy (non-hydrogen) atoms. The van der Waals surface area contributed by atoms with Crippen LogP contribution in [0.25, 0.3) is 0 Å². The van der Waals surface area contributed by atoms with Crippen molar-refractivity contribution >= 4 is 11.6 Å². The second kappa shape index (κ2) is 4.84. The van der Waals surface area contributed by atoms with Gasteiger partial charge in [-0.2, -0.15) is 13.2 Å². The standard InChI is InChI=1S/C12H13ClF3N/c13-11(8-1-2-8)4-3-9-7-17-6-5-10(9)12(14,15)16/h5-8,11H,1-4H2. The average Bonchev–Trinajstić information content (AvgIpc) is 3.08. The predicted molar refractivity (Wildman–Crippen MR) is 59.9 cm³/mol. The molecule has 0 N–H and O–H groups in total. The number of aryl methyl sites for hydroxylation is 1. The minimum absolute atomic E-state index is 0.00344. The van der Waals surface area contributed by atoms with E-state index in [2.05, 4.69) is 4.98 Å². The lowest BCUT2D eigenvalue weighted by molar-refractivity contribution is -0.138. The third-order valence-corrected chi connectivity index (χ3v) is 3.61. The Kier molecular flexibility index (Phi) is 3.61. The van der Waals surface area contributed by atoms with Gasteiger partial charge < -0.3 is 0 Å². The van der Waals surface area contributed by atoms with Crippen molar-refractivity contribution in [3.63, 3.8) is 0 Å². The molecule has 0 aliphatic heterocycles. The zero-order chi connectivity index (χ0) is 12.5. The molecule has 94 valence electrons. The Morgan fingerprint density at radius 2 is 2.12 bits per heavy atom. The maximum atomic E-state index is 12.7. The highest BCUT2D eigenvalue weighted by Gasteiger charge is 2.34. The van der Waals surface area contributed by atoms with E-state index in [0.29, 0.717) is 18.8 Å². The molecule has 0 spiro atoms. The molecule has 0 bridgehead atoms. The third kappa shape index (κ3) is 3.35. The zero-order valence-electron chi connectivity index (χ0n) is 9.17. The van der Waals surface area contributed by atoms with Crippen molar-refractivity contribution in [3.8, 4) is 0 Å². The van der Waals surface area contributed by atoms with E-state index >= 15 is 0 Å². The van der Waals surface area contributed by atoms with Gasteiger partial charge in [-0.05, 0) is 43.2 Å². The lowest BCUT2D eigenvalue weighted by Gasteiger charge is -2.13. The van der Waals surface area contributed by atoms with Crippen molar-refractivity contribution in [2.45, 2.75) is 37.2 Å². The molecular weight excluding hydrogens is 251 g/mol. The summed E-state index contributed by atoms with van der Waals surface area (Å²) < 4.78 is 38.0. The van der Waals surface area contributed by atoms with Gasteiger partial charge in [0.1, 0.15) is 0 Å². The van der Waals surface area contributed by atoms with Gasteiger partial charge in [0.15, 0.2) is 0 Å². The molecular formula is C12H13ClF3N. The normalized spacial score (nSPS) is 18.1. The number of pyridine rings is 1. The summed E-state index contributed by atoms with van der Waals surface area (Å²) >= 11 is 6.09. The van der Waals surface area contributed by atoms with Crippen LogP contribution in [-0.2, 0) is 12.6 Å². The van der Waals surface area contributed by atoms with Crippen molar-refractivity contribution in [1.29, 1.82) is 0 Å². The first-order chi connectivity index (χ1) is 7.98.